The van der Waals surface area contributed by atoms with Gasteiger partial charge >= 0.3 is 0 Å². The molecule has 0 aliphatic carbocycles. The van der Waals surface area contributed by atoms with E-state index in [0.29, 0.717) is 12.3 Å². The first-order chi connectivity index (χ1) is 10.7. The van der Waals surface area contributed by atoms with Crippen molar-refractivity contribution in [1.29, 1.82) is 0 Å². The number of nitrogens with two attached hydrogens (primary N) is 1. The van der Waals surface area contributed by atoms with Gasteiger partial charge in [0.15, 0.2) is 6.04 Å². The van der Waals surface area contributed by atoms with E-state index in [1.807, 2.05) is 12.2 Å². The molecule has 1 aliphatic rings. The topological polar surface area (TPSA) is 63.2 Å². The Hall–Kier alpha value is -1.88. The summed E-state index contributed by atoms with van der Waals surface area (Å²) >= 11 is 0. The molecule has 1 aliphatic heterocycles. The van der Waals surface area contributed by atoms with Gasteiger partial charge in [-0.2, -0.15) is 0 Å². The minimum Gasteiger partial charge on any atom is -0.494 e. The van der Waals surface area contributed by atoms with Gasteiger partial charge in [-0.25, -0.2) is 4.90 Å². The Morgan fingerprint density at radius 1 is 1.18 bits per heavy atom. The third kappa shape index (κ3) is 3.85. The zero-order chi connectivity index (χ0) is 15.9. The van der Waals surface area contributed by atoms with Crippen LogP contribution in [0, 0.1) is 0 Å². The van der Waals surface area contributed by atoms with Crippen LogP contribution in [0.25, 0.3) is 0 Å². The Morgan fingerprint density at radius 3 is 2.55 bits per heavy atom. The summed E-state index contributed by atoms with van der Waals surface area (Å²) in [5.41, 5.74) is 0.630. The zero-order valence-corrected chi connectivity index (χ0v) is 13.4. The van der Waals surface area contributed by atoms with Crippen LogP contribution in [0.5, 0.6) is 5.75 Å². The largest absolute Gasteiger partial charge is 0.494 e. The van der Waals surface area contributed by atoms with Crippen LogP contribution in [0.2, 0.25) is 0 Å². The van der Waals surface area contributed by atoms with Crippen LogP contribution in [-0.2, 0) is 9.59 Å². The van der Waals surface area contributed by atoms with Crippen molar-refractivity contribution < 1.29 is 19.6 Å². The van der Waals surface area contributed by atoms with E-state index in [1.54, 1.807) is 24.3 Å². The van der Waals surface area contributed by atoms with Gasteiger partial charge in [0.25, 0.3) is 5.91 Å². The Balaban J connectivity index is 2.01. The predicted molar refractivity (Wildman–Crippen MR) is 84.8 cm³/mol. The van der Waals surface area contributed by atoms with E-state index in [2.05, 4.69) is 6.92 Å². The highest BCUT2D eigenvalue weighted by atomic mass is 16.5. The van der Waals surface area contributed by atoms with E-state index < -0.39 is 0 Å². The Morgan fingerprint density at radius 2 is 1.91 bits per heavy atom. The first-order valence-electron chi connectivity index (χ1n) is 8.10. The van der Waals surface area contributed by atoms with E-state index in [0.717, 1.165) is 31.6 Å². The molecule has 2 amide bonds. The van der Waals surface area contributed by atoms with Crippen molar-refractivity contribution in [3.05, 3.63) is 24.3 Å². The summed E-state index contributed by atoms with van der Waals surface area (Å²) in [7, 11) is 0. The van der Waals surface area contributed by atoms with Crippen LogP contribution in [0.15, 0.2) is 24.3 Å². The molecular weight excluding hydrogens is 280 g/mol. The molecule has 120 valence electrons. The smallest absolute Gasteiger partial charge is 0.292 e. The number of anilines is 1. The average Bonchev–Trinajstić information content (AvgIpc) is 2.80. The second kappa shape index (κ2) is 7.94. The molecule has 5 heteroatoms. The van der Waals surface area contributed by atoms with E-state index in [4.69, 9.17) is 4.74 Å². The number of unbranched alkanes of at least 4 members (excludes halogenated alkanes) is 1. The fraction of sp³-hybridized carbons (Fsp3) is 0.529. The summed E-state index contributed by atoms with van der Waals surface area (Å²) in [5.74, 6) is 0.532. The third-order valence-corrected chi connectivity index (χ3v) is 3.76. The molecule has 0 radical (unpaired) electrons. The molecule has 0 unspecified atom stereocenters. The first-order valence-corrected chi connectivity index (χ1v) is 8.10. The van der Waals surface area contributed by atoms with Crippen LogP contribution in [0.1, 0.15) is 39.5 Å². The highest BCUT2D eigenvalue weighted by Crippen LogP contribution is 2.24. The van der Waals surface area contributed by atoms with Gasteiger partial charge in [-0.3, -0.25) is 9.59 Å². The van der Waals surface area contributed by atoms with Crippen molar-refractivity contribution in [1.82, 2.24) is 0 Å². The number of imide groups is 1. The van der Waals surface area contributed by atoms with Crippen molar-refractivity contribution in [2.24, 2.45) is 0 Å². The highest BCUT2D eigenvalue weighted by molar-refractivity contribution is 6.21. The van der Waals surface area contributed by atoms with Gasteiger partial charge in [-0.05, 0) is 37.1 Å². The van der Waals surface area contributed by atoms with E-state index in [-0.39, 0.29) is 24.3 Å². The maximum atomic E-state index is 12.4. The lowest BCUT2D eigenvalue weighted by molar-refractivity contribution is -0.674. The van der Waals surface area contributed by atoms with E-state index in [9.17, 15) is 9.59 Å². The number of nitrogens with zero attached hydrogens (tertiary/aromatic N) is 1. The molecule has 1 aromatic rings. The molecule has 0 spiro atoms. The van der Waals surface area contributed by atoms with Crippen molar-refractivity contribution in [3.63, 3.8) is 0 Å². The second-order valence-corrected chi connectivity index (χ2v) is 5.60. The zero-order valence-electron chi connectivity index (χ0n) is 13.4. The predicted octanol–water partition coefficient (Wildman–Crippen LogP) is 1.47. The molecule has 1 aromatic carbocycles. The molecule has 5 nitrogen and oxygen atoms in total. The number of carbonyl (C=O) groups is 2. The van der Waals surface area contributed by atoms with Crippen molar-refractivity contribution in [2.45, 2.75) is 45.6 Å². The summed E-state index contributed by atoms with van der Waals surface area (Å²) in [6.07, 6.45) is 3.38. The van der Waals surface area contributed by atoms with Gasteiger partial charge in [0, 0.05) is 0 Å². The molecule has 0 saturated carbocycles. The molecule has 1 saturated heterocycles. The number of rotatable bonds is 8. The molecule has 0 aromatic heterocycles. The Kier molecular flexibility index (Phi) is 5.95. The molecule has 1 atom stereocenters. The normalized spacial score (nSPS) is 18.1. The Labute approximate surface area is 131 Å². The number of ether oxygens (including phenoxy) is 1. The van der Waals surface area contributed by atoms with Gasteiger partial charge < -0.3 is 10.1 Å². The first kappa shape index (κ1) is 16.5. The number of hydrogen-bond acceptors (Lipinski definition) is 3. The quantitative estimate of drug-likeness (QED) is 0.584. The number of amides is 2. The number of carbonyl (C=O) groups excluding carboxylic acids is 2. The molecule has 2 N–H and O–H groups in total. The minimum atomic E-state index is -0.268. The summed E-state index contributed by atoms with van der Waals surface area (Å²) in [5, 5.41) is 1.99. The second-order valence-electron chi connectivity index (χ2n) is 5.60. The number of hydrogen-bond donors (Lipinski definition) is 1. The van der Waals surface area contributed by atoms with Crippen LogP contribution in [0.4, 0.5) is 5.69 Å². The molecule has 1 fully saturated rings. The fourth-order valence-corrected chi connectivity index (χ4v) is 2.55. The summed E-state index contributed by atoms with van der Waals surface area (Å²) < 4.78 is 5.52. The van der Waals surface area contributed by atoms with Gasteiger partial charge in [0.2, 0.25) is 5.91 Å². The van der Waals surface area contributed by atoms with Crippen LogP contribution in [0.3, 0.4) is 0 Å². The molecule has 0 bridgehead atoms. The van der Waals surface area contributed by atoms with Crippen molar-refractivity contribution in [3.8, 4) is 5.75 Å². The van der Waals surface area contributed by atoms with Gasteiger partial charge in [-0.1, -0.05) is 20.3 Å². The molecule has 22 heavy (non-hydrogen) atoms. The maximum absolute atomic E-state index is 12.4. The lowest BCUT2D eigenvalue weighted by Gasteiger charge is -2.15. The third-order valence-electron chi connectivity index (χ3n) is 3.76. The minimum absolute atomic E-state index is 0.108. The summed E-state index contributed by atoms with van der Waals surface area (Å²) in [6, 6.07) is 6.89. The van der Waals surface area contributed by atoms with Crippen LogP contribution in [-0.4, -0.2) is 31.0 Å². The van der Waals surface area contributed by atoms with Crippen LogP contribution < -0.4 is 15.0 Å². The number of quaternary nitrogens is 1. The molecule has 2 rings (SSSR count). The SMILES string of the molecule is CCCC[NH2+][C@@H]1CC(=O)N(c2ccc(OCCC)cc2)C1=O. The molecular formula is C17H25N2O3+. The Bertz CT molecular complexity index is 513. The average molecular weight is 305 g/mol. The van der Waals surface area contributed by atoms with E-state index >= 15 is 0 Å². The summed E-state index contributed by atoms with van der Waals surface area (Å²) in [4.78, 5) is 25.9. The van der Waals surface area contributed by atoms with Crippen LogP contribution >= 0.6 is 0 Å². The summed E-state index contributed by atoms with van der Waals surface area (Å²) in [6.45, 7) is 5.71. The number of benzene rings is 1. The van der Waals surface area contributed by atoms with Crippen molar-refractivity contribution in [2.75, 3.05) is 18.1 Å². The fourth-order valence-electron chi connectivity index (χ4n) is 2.55. The monoisotopic (exact) mass is 305 g/mol. The maximum Gasteiger partial charge on any atom is 0.292 e. The standard InChI is InChI=1S/C17H24N2O3/c1-3-5-10-18-15-12-16(20)19(17(15)21)13-6-8-14(9-7-13)22-11-4-2/h6-9,15,18H,3-5,10-12H2,1-2H3/p+1/t15-/m1/s1. The lowest BCUT2D eigenvalue weighted by Crippen LogP contribution is -2.91. The van der Waals surface area contributed by atoms with E-state index in [1.165, 1.54) is 4.90 Å². The van der Waals surface area contributed by atoms with Gasteiger partial charge in [0.05, 0.1) is 25.3 Å². The lowest BCUT2D eigenvalue weighted by atomic mass is 10.2. The van der Waals surface area contributed by atoms with Crippen molar-refractivity contribution >= 4 is 17.5 Å². The highest BCUT2D eigenvalue weighted by Gasteiger charge is 2.41. The molecule has 1 heterocycles. The van der Waals surface area contributed by atoms with Gasteiger partial charge in [-0.15, -0.1) is 0 Å². The van der Waals surface area contributed by atoms with Gasteiger partial charge in [0.1, 0.15) is 5.75 Å².